The number of fused-ring (bicyclic) bond motifs is 2. The summed E-state index contributed by atoms with van der Waals surface area (Å²) in [5.41, 5.74) is 3.18. The van der Waals surface area contributed by atoms with E-state index < -0.39 is 0 Å². The lowest BCUT2D eigenvalue weighted by molar-refractivity contribution is 0.0980. The smallest absolute Gasteiger partial charge is 0.196 e. The van der Waals surface area contributed by atoms with Crippen molar-refractivity contribution in [2.24, 2.45) is 0 Å². The lowest BCUT2D eigenvalue weighted by atomic mass is 9.82. The predicted octanol–water partition coefficient (Wildman–Crippen LogP) is 3.57. The first-order valence-electron chi connectivity index (χ1n) is 7.40. The van der Waals surface area contributed by atoms with E-state index in [1.165, 1.54) is 0 Å². The predicted molar refractivity (Wildman–Crippen MR) is 90.2 cm³/mol. The second-order valence-corrected chi connectivity index (χ2v) is 4.61. The van der Waals surface area contributed by atoms with Gasteiger partial charge < -0.3 is 10.6 Å². The van der Waals surface area contributed by atoms with Crippen LogP contribution >= 0.6 is 0 Å². The van der Waals surface area contributed by atoms with E-state index in [4.69, 9.17) is 0 Å². The summed E-state index contributed by atoms with van der Waals surface area (Å²) in [4.78, 5) is 25.4. The van der Waals surface area contributed by atoms with Crippen molar-refractivity contribution in [2.75, 3.05) is 24.7 Å². The van der Waals surface area contributed by atoms with Crippen molar-refractivity contribution in [3.63, 3.8) is 0 Å². The Hall–Kier alpha value is -2.62. The number of benzene rings is 2. The van der Waals surface area contributed by atoms with Gasteiger partial charge in [0, 0.05) is 36.6 Å². The van der Waals surface area contributed by atoms with Crippen molar-refractivity contribution >= 4 is 22.9 Å². The molecule has 4 heteroatoms. The largest absolute Gasteiger partial charge is 0.388 e. The van der Waals surface area contributed by atoms with Crippen LogP contribution < -0.4 is 10.6 Å². The Morgan fingerprint density at radius 1 is 0.682 bits per heavy atom. The quantitative estimate of drug-likeness (QED) is 0.759. The number of nitrogens with one attached hydrogen (secondary N) is 2. The molecular weight excluding hydrogens is 276 g/mol. The molecule has 0 aliphatic heterocycles. The molecule has 1 aliphatic rings. The average molecular weight is 296 g/mol. The van der Waals surface area contributed by atoms with E-state index >= 15 is 0 Å². The summed E-state index contributed by atoms with van der Waals surface area (Å²) in [6.45, 7) is 4.00. The van der Waals surface area contributed by atoms with Gasteiger partial charge in [-0.25, -0.2) is 0 Å². The Labute approximate surface area is 130 Å². The molecule has 2 aromatic carbocycles. The van der Waals surface area contributed by atoms with Crippen LogP contribution in [-0.2, 0) is 0 Å². The van der Waals surface area contributed by atoms with Crippen LogP contribution in [0.2, 0.25) is 0 Å². The minimum Gasteiger partial charge on any atom is -0.388 e. The van der Waals surface area contributed by atoms with Gasteiger partial charge in [-0.2, -0.15) is 0 Å². The molecule has 0 spiro atoms. The molecule has 0 bridgehead atoms. The average Bonchev–Trinajstić information content (AvgIpc) is 2.60. The number of anilines is 2. The third kappa shape index (κ3) is 2.26. The molecule has 2 aromatic rings. The number of hydrogen-bond donors (Lipinski definition) is 2. The molecule has 2 N–H and O–H groups in total. The van der Waals surface area contributed by atoms with E-state index in [0.717, 1.165) is 0 Å². The Morgan fingerprint density at radius 3 is 1.36 bits per heavy atom. The summed E-state index contributed by atoms with van der Waals surface area (Å²) < 4.78 is 0. The molecule has 0 fully saturated rings. The van der Waals surface area contributed by atoms with Gasteiger partial charge in [-0.05, 0) is 12.1 Å². The Morgan fingerprint density at radius 2 is 1.05 bits per heavy atom. The van der Waals surface area contributed by atoms with Crippen LogP contribution in [0.4, 0.5) is 11.4 Å². The zero-order valence-corrected chi connectivity index (χ0v) is 13.3. The molecule has 4 nitrogen and oxygen atoms in total. The summed E-state index contributed by atoms with van der Waals surface area (Å²) in [6.07, 6.45) is 0. The molecule has 0 saturated heterocycles. The topological polar surface area (TPSA) is 58.2 Å². The standard InChI is InChI=1S/C16H14N2O2.C2H6/c1-17-11-7-8-12(18-2)14-13(11)15(19)9-5-3-4-6-10(9)16(14)20;1-2/h3-8,17-18H,1-2H3;1-2H3. The van der Waals surface area contributed by atoms with Crippen LogP contribution in [0.25, 0.3) is 0 Å². The summed E-state index contributed by atoms with van der Waals surface area (Å²) in [5, 5.41) is 5.97. The fourth-order valence-corrected chi connectivity index (χ4v) is 2.64. The van der Waals surface area contributed by atoms with Gasteiger partial charge in [-0.3, -0.25) is 9.59 Å². The minimum atomic E-state index is -0.114. The van der Waals surface area contributed by atoms with Gasteiger partial charge in [0.15, 0.2) is 11.6 Å². The third-order valence-electron chi connectivity index (χ3n) is 3.61. The van der Waals surface area contributed by atoms with Crippen LogP contribution in [0.3, 0.4) is 0 Å². The van der Waals surface area contributed by atoms with E-state index in [9.17, 15) is 9.59 Å². The van der Waals surface area contributed by atoms with Gasteiger partial charge in [0.2, 0.25) is 0 Å². The SMILES string of the molecule is CC.CNc1ccc(NC)c2c1C(=O)c1ccccc1C2=O. The molecule has 0 unspecified atom stereocenters. The first-order chi connectivity index (χ1) is 10.7. The van der Waals surface area contributed by atoms with Crippen molar-refractivity contribution in [1.29, 1.82) is 0 Å². The van der Waals surface area contributed by atoms with Crippen LogP contribution in [0, 0.1) is 0 Å². The number of hydrogen-bond acceptors (Lipinski definition) is 4. The van der Waals surface area contributed by atoms with E-state index in [-0.39, 0.29) is 11.6 Å². The number of carbonyl (C=O) groups excluding carboxylic acids is 2. The van der Waals surface area contributed by atoms with Crippen LogP contribution in [0.15, 0.2) is 36.4 Å². The van der Waals surface area contributed by atoms with E-state index in [1.54, 1.807) is 38.4 Å². The lowest BCUT2D eigenvalue weighted by Crippen LogP contribution is -2.23. The van der Waals surface area contributed by atoms with Gasteiger partial charge in [-0.15, -0.1) is 0 Å². The lowest BCUT2D eigenvalue weighted by Gasteiger charge is -2.22. The number of rotatable bonds is 2. The van der Waals surface area contributed by atoms with Crippen LogP contribution in [0.5, 0.6) is 0 Å². The summed E-state index contributed by atoms with van der Waals surface area (Å²) >= 11 is 0. The van der Waals surface area contributed by atoms with Crippen LogP contribution in [-0.4, -0.2) is 25.7 Å². The molecule has 1 aliphatic carbocycles. The van der Waals surface area contributed by atoms with Gasteiger partial charge in [-0.1, -0.05) is 38.1 Å². The summed E-state index contributed by atoms with van der Waals surface area (Å²) in [5.74, 6) is -0.228. The third-order valence-corrected chi connectivity index (χ3v) is 3.61. The van der Waals surface area contributed by atoms with Gasteiger partial charge in [0.05, 0.1) is 11.1 Å². The minimum absolute atomic E-state index is 0.114. The highest BCUT2D eigenvalue weighted by molar-refractivity contribution is 6.31. The molecule has 22 heavy (non-hydrogen) atoms. The van der Waals surface area contributed by atoms with Gasteiger partial charge >= 0.3 is 0 Å². The Bertz CT molecular complexity index is 674. The normalized spacial score (nSPS) is 11.8. The summed E-state index contributed by atoms with van der Waals surface area (Å²) in [6, 6.07) is 10.6. The molecule has 3 rings (SSSR count). The van der Waals surface area contributed by atoms with E-state index in [1.807, 2.05) is 26.0 Å². The fourth-order valence-electron chi connectivity index (χ4n) is 2.64. The van der Waals surface area contributed by atoms with Crippen molar-refractivity contribution in [3.05, 3.63) is 58.7 Å². The zero-order chi connectivity index (χ0) is 16.3. The maximum atomic E-state index is 12.7. The van der Waals surface area contributed by atoms with Crippen molar-refractivity contribution in [1.82, 2.24) is 0 Å². The van der Waals surface area contributed by atoms with Crippen LogP contribution in [0.1, 0.15) is 45.7 Å². The second-order valence-electron chi connectivity index (χ2n) is 4.61. The zero-order valence-electron chi connectivity index (χ0n) is 13.3. The monoisotopic (exact) mass is 296 g/mol. The van der Waals surface area contributed by atoms with Gasteiger partial charge in [0.1, 0.15) is 0 Å². The maximum absolute atomic E-state index is 12.7. The Kier molecular flexibility index (Phi) is 4.61. The molecule has 114 valence electrons. The highest BCUT2D eigenvalue weighted by Gasteiger charge is 2.33. The Balaban J connectivity index is 0.000000847. The maximum Gasteiger partial charge on any atom is 0.196 e. The first kappa shape index (κ1) is 15.8. The van der Waals surface area contributed by atoms with Crippen molar-refractivity contribution in [2.45, 2.75) is 13.8 Å². The van der Waals surface area contributed by atoms with Crippen molar-refractivity contribution in [3.8, 4) is 0 Å². The molecule has 0 saturated carbocycles. The van der Waals surface area contributed by atoms with Crippen molar-refractivity contribution < 1.29 is 9.59 Å². The molecular formula is C18H20N2O2. The molecule has 0 radical (unpaired) electrons. The first-order valence-corrected chi connectivity index (χ1v) is 7.40. The highest BCUT2D eigenvalue weighted by Crippen LogP contribution is 2.35. The van der Waals surface area contributed by atoms with Gasteiger partial charge in [0.25, 0.3) is 0 Å². The summed E-state index contributed by atoms with van der Waals surface area (Å²) in [7, 11) is 3.49. The molecule has 0 amide bonds. The van der Waals surface area contributed by atoms with E-state index in [2.05, 4.69) is 10.6 Å². The van der Waals surface area contributed by atoms with E-state index in [0.29, 0.717) is 33.6 Å². The number of carbonyl (C=O) groups is 2. The molecule has 0 atom stereocenters. The molecule has 0 heterocycles. The number of ketones is 2. The molecule has 0 aromatic heterocycles. The fraction of sp³-hybridized carbons (Fsp3) is 0.222. The highest BCUT2D eigenvalue weighted by atomic mass is 16.1. The second kappa shape index (κ2) is 6.43.